The molecule has 0 aliphatic rings. The number of carbonyl (C=O) groups excluding carboxylic acids is 1. The number of ether oxygens (including phenoxy) is 1. The highest BCUT2D eigenvalue weighted by Crippen LogP contribution is 2.28. The van der Waals surface area contributed by atoms with Crippen molar-refractivity contribution in [1.29, 1.82) is 0 Å². The Morgan fingerprint density at radius 1 is 1.10 bits per heavy atom. The molecule has 0 unspecified atom stereocenters. The number of rotatable bonds is 8. The van der Waals surface area contributed by atoms with Crippen LogP contribution in [0.3, 0.4) is 0 Å². The van der Waals surface area contributed by atoms with Crippen LogP contribution < -0.4 is 4.74 Å². The summed E-state index contributed by atoms with van der Waals surface area (Å²) in [7, 11) is 1.36. The minimum atomic E-state index is -0.551. The summed E-state index contributed by atoms with van der Waals surface area (Å²) in [4.78, 5) is 29.9. The zero-order valence-electron chi connectivity index (χ0n) is 16.0. The summed E-state index contributed by atoms with van der Waals surface area (Å²) in [6, 6.07) is 19.5. The second-order valence-corrected chi connectivity index (χ2v) is 6.43. The van der Waals surface area contributed by atoms with Gasteiger partial charge in [0.1, 0.15) is 0 Å². The van der Waals surface area contributed by atoms with Crippen molar-refractivity contribution in [2.24, 2.45) is 0 Å². The number of nitro groups is 1. The van der Waals surface area contributed by atoms with Gasteiger partial charge in [0.15, 0.2) is 5.75 Å². The standard InChI is InChI=1S/C22H21N3O4/c1-29-21-11-10-18(15-20(21)25(27)28)22(26)24(16-17-7-3-2-4-8-17)14-12-19-9-5-6-13-23-19/h2-11,13,15H,12,14,16H2,1H3. The molecule has 0 spiro atoms. The number of benzene rings is 2. The maximum atomic E-state index is 13.2. The molecular weight excluding hydrogens is 370 g/mol. The monoisotopic (exact) mass is 391 g/mol. The van der Waals surface area contributed by atoms with E-state index < -0.39 is 4.92 Å². The maximum absolute atomic E-state index is 13.2. The molecule has 0 aliphatic carbocycles. The van der Waals surface area contributed by atoms with Gasteiger partial charge < -0.3 is 9.64 Å². The molecule has 148 valence electrons. The van der Waals surface area contributed by atoms with Gasteiger partial charge in [-0.2, -0.15) is 0 Å². The molecule has 1 amide bonds. The molecule has 0 atom stereocenters. The largest absolute Gasteiger partial charge is 0.490 e. The quantitative estimate of drug-likeness (QED) is 0.430. The second-order valence-electron chi connectivity index (χ2n) is 6.43. The van der Waals surface area contributed by atoms with Crippen molar-refractivity contribution in [2.75, 3.05) is 13.7 Å². The molecule has 0 radical (unpaired) electrons. The first-order chi connectivity index (χ1) is 14.1. The minimum Gasteiger partial charge on any atom is -0.490 e. The molecule has 0 saturated heterocycles. The fraction of sp³-hybridized carbons (Fsp3) is 0.182. The Kier molecular flexibility index (Phi) is 6.52. The first-order valence-electron chi connectivity index (χ1n) is 9.14. The maximum Gasteiger partial charge on any atom is 0.311 e. The van der Waals surface area contributed by atoms with E-state index in [9.17, 15) is 14.9 Å². The van der Waals surface area contributed by atoms with Crippen molar-refractivity contribution >= 4 is 11.6 Å². The summed E-state index contributed by atoms with van der Waals surface area (Å²) in [6.45, 7) is 0.830. The van der Waals surface area contributed by atoms with Crippen LogP contribution in [0.25, 0.3) is 0 Å². The normalized spacial score (nSPS) is 10.4. The van der Waals surface area contributed by atoms with E-state index in [2.05, 4.69) is 4.98 Å². The van der Waals surface area contributed by atoms with Crippen LogP contribution in [0.5, 0.6) is 5.75 Å². The molecule has 0 saturated carbocycles. The van der Waals surface area contributed by atoms with Crippen LogP contribution in [0.1, 0.15) is 21.6 Å². The van der Waals surface area contributed by atoms with E-state index in [1.807, 2.05) is 48.5 Å². The van der Waals surface area contributed by atoms with Crippen LogP contribution >= 0.6 is 0 Å². The zero-order valence-corrected chi connectivity index (χ0v) is 16.0. The van der Waals surface area contributed by atoms with Crippen molar-refractivity contribution < 1.29 is 14.5 Å². The van der Waals surface area contributed by atoms with Gasteiger partial charge in [0.2, 0.25) is 0 Å². The Hall–Kier alpha value is -3.74. The Labute approximate surface area is 168 Å². The van der Waals surface area contributed by atoms with E-state index in [4.69, 9.17) is 4.74 Å². The van der Waals surface area contributed by atoms with Gasteiger partial charge in [-0.15, -0.1) is 0 Å². The predicted octanol–water partition coefficient (Wildman–Crippen LogP) is 3.88. The SMILES string of the molecule is COc1ccc(C(=O)N(CCc2ccccn2)Cc2ccccc2)cc1[N+](=O)[O-]. The molecular formula is C22H21N3O4. The molecule has 2 aromatic carbocycles. The molecule has 1 heterocycles. The number of pyridine rings is 1. The highest BCUT2D eigenvalue weighted by molar-refractivity contribution is 5.95. The first-order valence-corrected chi connectivity index (χ1v) is 9.14. The van der Waals surface area contributed by atoms with Gasteiger partial charge in [0.05, 0.1) is 12.0 Å². The Morgan fingerprint density at radius 3 is 2.52 bits per heavy atom. The lowest BCUT2D eigenvalue weighted by atomic mass is 10.1. The number of hydrogen-bond acceptors (Lipinski definition) is 5. The number of aromatic nitrogens is 1. The van der Waals surface area contributed by atoms with Crippen LogP contribution in [-0.2, 0) is 13.0 Å². The van der Waals surface area contributed by atoms with E-state index in [0.29, 0.717) is 19.5 Å². The Balaban J connectivity index is 1.86. The molecule has 29 heavy (non-hydrogen) atoms. The average Bonchev–Trinajstić information content (AvgIpc) is 2.77. The number of hydrogen-bond donors (Lipinski definition) is 0. The summed E-state index contributed by atoms with van der Waals surface area (Å²) in [6.07, 6.45) is 2.29. The molecule has 3 aromatic rings. The van der Waals surface area contributed by atoms with E-state index in [0.717, 1.165) is 11.3 Å². The lowest BCUT2D eigenvalue weighted by molar-refractivity contribution is -0.385. The van der Waals surface area contributed by atoms with Crippen molar-refractivity contribution in [1.82, 2.24) is 9.88 Å². The van der Waals surface area contributed by atoms with Gasteiger partial charge in [-0.3, -0.25) is 19.9 Å². The highest BCUT2D eigenvalue weighted by atomic mass is 16.6. The zero-order chi connectivity index (χ0) is 20.6. The molecule has 1 aromatic heterocycles. The van der Waals surface area contributed by atoms with E-state index in [-0.39, 0.29) is 22.9 Å². The van der Waals surface area contributed by atoms with Gasteiger partial charge in [-0.25, -0.2) is 0 Å². The topological polar surface area (TPSA) is 85.6 Å². The predicted molar refractivity (Wildman–Crippen MR) is 109 cm³/mol. The van der Waals surface area contributed by atoms with E-state index in [1.54, 1.807) is 17.2 Å². The van der Waals surface area contributed by atoms with Crippen molar-refractivity contribution in [3.63, 3.8) is 0 Å². The molecule has 7 heteroatoms. The molecule has 0 bridgehead atoms. The van der Waals surface area contributed by atoms with Crippen LogP contribution in [0, 0.1) is 10.1 Å². The fourth-order valence-electron chi connectivity index (χ4n) is 3.00. The summed E-state index contributed by atoms with van der Waals surface area (Å²) in [5.74, 6) is -0.162. The van der Waals surface area contributed by atoms with Crippen LogP contribution in [0.4, 0.5) is 5.69 Å². The first kappa shape index (κ1) is 20.0. The lowest BCUT2D eigenvalue weighted by Gasteiger charge is -2.23. The van der Waals surface area contributed by atoms with E-state index in [1.165, 1.54) is 19.2 Å². The summed E-state index contributed by atoms with van der Waals surface area (Å²) < 4.78 is 5.03. The average molecular weight is 391 g/mol. The van der Waals surface area contributed by atoms with Gasteiger partial charge in [0.25, 0.3) is 5.91 Å². The fourth-order valence-corrected chi connectivity index (χ4v) is 3.00. The Bertz CT molecular complexity index is 978. The summed E-state index contributed by atoms with van der Waals surface area (Å²) >= 11 is 0. The summed E-state index contributed by atoms with van der Waals surface area (Å²) in [5, 5.41) is 11.3. The molecule has 0 aliphatic heterocycles. The van der Waals surface area contributed by atoms with Crippen molar-refractivity contribution in [2.45, 2.75) is 13.0 Å². The van der Waals surface area contributed by atoms with Crippen LogP contribution in [0.2, 0.25) is 0 Å². The number of nitro benzene ring substituents is 1. The number of amides is 1. The van der Waals surface area contributed by atoms with E-state index >= 15 is 0 Å². The minimum absolute atomic E-state index is 0.120. The van der Waals surface area contributed by atoms with Crippen molar-refractivity contribution in [3.05, 3.63) is 99.9 Å². The van der Waals surface area contributed by atoms with Crippen LogP contribution in [-0.4, -0.2) is 34.4 Å². The number of methoxy groups -OCH3 is 1. The molecule has 3 rings (SSSR count). The smallest absolute Gasteiger partial charge is 0.311 e. The van der Waals surface area contributed by atoms with Crippen LogP contribution in [0.15, 0.2) is 72.9 Å². The summed E-state index contributed by atoms with van der Waals surface area (Å²) in [5.41, 5.74) is 1.86. The second kappa shape index (κ2) is 9.45. The number of carbonyl (C=O) groups is 1. The Morgan fingerprint density at radius 2 is 1.86 bits per heavy atom. The van der Waals surface area contributed by atoms with Gasteiger partial charge in [0, 0.05) is 43.0 Å². The van der Waals surface area contributed by atoms with Gasteiger partial charge in [-0.05, 0) is 29.8 Å². The molecule has 7 nitrogen and oxygen atoms in total. The van der Waals surface area contributed by atoms with Gasteiger partial charge >= 0.3 is 5.69 Å². The molecule has 0 N–H and O–H groups in total. The van der Waals surface area contributed by atoms with Crippen molar-refractivity contribution in [3.8, 4) is 5.75 Å². The third-order valence-corrected chi connectivity index (χ3v) is 4.49. The van der Waals surface area contributed by atoms with Gasteiger partial charge in [-0.1, -0.05) is 36.4 Å². The third kappa shape index (κ3) is 5.16. The third-order valence-electron chi connectivity index (χ3n) is 4.49. The highest BCUT2D eigenvalue weighted by Gasteiger charge is 2.22. The lowest BCUT2D eigenvalue weighted by Crippen LogP contribution is -2.32. The number of nitrogens with zero attached hydrogens (tertiary/aromatic N) is 3. The molecule has 0 fully saturated rings.